The van der Waals surface area contributed by atoms with Crippen molar-refractivity contribution in [3.05, 3.63) is 0 Å². The minimum absolute atomic E-state index is 0.220. The van der Waals surface area contributed by atoms with E-state index in [0.717, 1.165) is 44.9 Å². The molecule has 3 nitrogen and oxygen atoms in total. The molecule has 0 aromatic carbocycles. The summed E-state index contributed by atoms with van der Waals surface area (Å²) in [6.45, 7) is 3.12. The van der Waals surface area contributed by atoms with Gasteiger partial charge in [-0.25, -0.2) is 0 Å². The molecule has 0 spiro atoms. The Kier molecular flexibility index (Phi) is 21.4. The molecule has 1 amide bonds. The van der Waals surface area contributed by atoms with Crippen LogP contribution in [0.4, 0.5) is 0 Å². The van der Waals surface area contributed by atoms with E-state index in [1.54, 1.807) is 0 Å². The lowest BCUT2D eigenvalue weighted by molar-refractivity contribution is -0.121. The first-order valence-electron chi connectivity index (χ1n) is 11.5. The van der Waals surface area contributed by atoms with Gasteiger partial charge in [0.1, 0.15) is 6.29 Å². The molecule has 3 heteroatoms. The molecular formula is C23H45NO2. The SMILES string of the molecule is CCCCCCCCCCCCCNC(=O)CCCCCCCCC=O. The summed E-state index contributed by atoms with van der Waals surface area (Å²) in [5, 5.41) is 3.05. The summed E-state index contributed by atoms with van der Waals surface area (Å²) in [6, 6.07) is 0. The first-order valence-corrected chi connectivity index (χ1v) is 11.5. The average molecular weight is 368 g/mol. The molecular weight excluding hydrogens is 322 g/mol. The summed E-state index contributed by atoms with van der Waals surface area (Å²) >= 11 is 0. The molecule has 0 aromatic rings. The zero-order chi connectivity index (χ0) is 19.1. The molecule has 0 radical (unpaired) electrons. The fraction of sp³-hybridized carbons (Fsp3) is 0.913. The molecule has 0 heterocycles. The number of nitrogens with one attached hydrogen (secondary N) is 1. The molecule has 0 atom stereocenters. The fourth-order valence-electron chi connectivity index (χ4n) is 3.33. The highest BCUT2D eigenvalue weighted by Gasteiger charge is 2.00. The molecule has 0 saturated heterocycles. The number of hydrogen-bond acceptors (Lipinski definition) is 2. The molecule has 154 valence electrons. The van der Waals surface area contributed by atoms with Gasteiger partial charge in [-0.3, -0.25) is 4.79 Å². The van der Waals surface area contributed by atoms with Crippen LogP contribution in [0.15, 0.2) is 0 Å². The monoisotopic (exact) mass is 367 g/mol. The number of carbonyl (C=O) groups is 2. The van der Waals surface area contributed by atoms with Crippen molar-refractivity contribution in [2.24, 2.45) is 0 Å². The van der Waals surface area contributed by atoms with E-state index in [1.807, 2.05) is 0 Å². The Morgan fingerprint density at radius 1 is 0.654 bits per heavy atom. The quantitative estimate of drug-likeness (QED) is 0.180. The highest BCUT2D eigenvalue weighted by atomic mass is 16.1. The topological polar surface area (TPSA) is 46.2 Å². The Morgan fingerprint density at radius 2 is 1.12 bits per heavy atom. The summed E-state index contributed by atoms with van der Waals surface area (Å²) in [5.74, 6) is 0.220. The van der Waals surface area contributed by atoms with E-state index < -0.39 is 0 Å². The van der Waals surface area contributed by atoms with Crippen LogP contribution in [0, 0.1) is 0 Å². The highest BCUT2D eigenvalue weighted by Crippen LogP contribution is 2.11. The third kappa shape index (κ3) is 21.2. The normalized spacial score (nSPS) is 10.8. The molecule has 0 aliphatic rings. The van der Waals surface area contributed by atoms with E-state index in [1.165, 1.54) is 77.0 Å². The Labute approximate surface area is 163 Å². The second-order valence-corrected chi connectivity index (χ2v) is 7.71. The van der Waals surface area contributed by atoms with Crippen LogP contribution < -0.4 is 5.32 Å². The van der Waals surface area contributed by atoms with Gasteiger partial charge in [0.05, 0.1) is 0 Å². The number of rotatable bonds is 21. The molecule has 26 heavy (non-hydrogen) atoms. The van der Waals surface area contributed by atoms with Crippen LogP contribution in [0.3, 0.4) is 0 Å². The van der Waals surface area contributed by atoms with Crippen molar-refractivity contribution in [2.45, 2.75) is 129 Å². The number of unbranched alkanes of at least 4 members (excludes halogenated alkanes) is 16. The maximum absolute atomic E-state index is 11.7. The minimum atomic E-state index is 0.220. The van der Waals surface area contributed by atoms with Crippen molar-refractivity contribution >= 4 is 12.2 Å². The third-order valence-electron chi connectivity index (χ3n) is 5.08. The van der Waals surface area contributed by atoms with Gasteiger partial charge in [-0.2, -0.15) is 0 Å². The van der Waals surface area contributed by atoms with Crippen LogP contribution >= 0.6 is 0 Å². The van der Waals surface area contributed by atoms with Gasteiger partial charge in [0.15, 0.2) is 0 Å². The number of aldehydes is 1. The lowest BCUT2D eigenvalue weighted by Crippen LogP contribution is -2.23. The second-order valence-electron chi connectivity index (χ2n) is 7.71. The van der Waals surface area contributed by atoms with E-state index in [4.69, 9.17) is 0 Å². The number of hydrogen-bond donors (Lipinski definition) is 1. The predicted molar refractivity (Wildman–Crippen MR) is 112 cm³/mol. The first kappa shape index (κ1) is 25.1. The zero-order valence-corrected chi connectivity index (χ0v) is 17.5. The summed E-state index contributed by atoms with van der Waals surface area (Å²) in [6.07, 6.45) is 23.8. The van der Waals surface area contributed by atoms with Crippen LogP contribution in [-0.2, 0) is 9.59 Å². The van der Waals surface area contributed by atoms with Gasteiger partial charge >= 0.3 is 0 Å². The van der Waals surface area contributed by atoms with Crippen molar-refractivity contribution in [3.63, 3.8) is 0 Å². The summed E-state index contributed by atoms with van der Waals surface area (Å²) in [5.41, 5.74) is 0. The van der Waals surface area contributed by atoms with Crippen LogP contribution in [-0.4, -0.2) is 18.7 Å². The molecule has 0 aliphatic heterocycles. The van der Waals surface area contributed by atoms with Crippen LogP contribution in [0.1, 0.15) is 129 Å². The highest BCUT2D eigenvalue weighted by molar-refractivity contribution is 5.75. The van der Waals surface area contributed by atoms with Crippen molar-refractivity contribution in [1.82, 2.24) is 5.32 Å². The van der Waals surface area contributed by atoms with Crippen LogP contribution in [0.5, 0.6) is 0 Å². The molecule has 1 N–H and O–H groups in total. The third-order valence-corrected chi connectivity index (χ3v) is 5.08. The maximum Gasteiger partial charge on any atom is 0.219 e. The second kappa shape index (κ2) is 22.2. The van der Waals surface area contributed by atoms with Crippen molar-refractivity contribution in [2.75, 3.05) is 6.54 Å². The van der Waals surface area contributed by atoms with E-state index >= 15 is 0 Å². The first-order chi connectivity index (χ1) is 12.8. The minimum Gasteiger partial charge on any atom is -0.356 e. The van der Waals surface area contributed by atoms with Crippen LogP contribution in [0.2, 0.25) is 0 Å². The Balaban J connectivity index is 3.14. The lowest BCUT2D eigenvalue weighted by Gasteiger charge is -2.06. The smallest absolute Gasteiger partial charge is 0.219 e. The standard InChI is InChI=1S/C23H45NO2/c1-2-3-4-5-6-7-8-9-12-15-18-21-24-23(26)20-17-14-11-10-13-16-19-22-25/h22H,2-21H2,1H3,(H,24,26). The lowest BCUT2D eigenvalue weighted by atomic mass is 10.1. The molecule has 0 unspecified atom stereocenters. The largest absolute Gasteiger partial charge is 0.356 e. The van der Waals surface area contributed by atoms with Crippen molar-refractivity contribution in [1.29, 1.82) is 0 Å². The van der Waals surface area contributed by atoms with Gasteiger partial charge in [-0.15, -0.1) is 0 Å². The number of amides is 1. The van der Waals surface area contributed by atoms with Gasteiger partial charge < -0.3 is 10.1 Å². The summed E-state index contributed by atoms with van der Waals surface area (Å²) < 4.78 is 0. The summed E-state index contributed by atoms with van der Waals surface area (Å²) in [4.78, 5) is 21.9. The molecule has 0 rings (SSSR count). The fourth-order valence-corrected chi connectivity index (χ4v) is 3.33. The Bertz CT molecular complexity index is 305. The van der Waals surface area contributed by atoms with E-state index in [-0.39, 0.29) is 5.91 Å². The zero-order valence-electron chi connectivity index (χ0n) is 17.5. The van der Waals surface area contributed by atoms with Gasteiger partial charge in [-0.1, -0.05) is 96.8 Å². The van der Waals surface area contributed by atoms with Crippen LogP contribution in [0.25, 0.3) is 0 Å². The van der Waals surface area contributed by atoms with E-state index in [2.05, 4.69) is 12.2 Å². The molecule has 0 aliphatic carbocycles. The summed E-state index contributed by atoms with van der Waals surface area (Å²) in [7, 11) is 0. The van der Waals surface area contributed by atoms with Gasteiger partial charge in [0.25, 0.3) is 0 Å². The number of carbonyl (C=O) groups excluding carboxylic acids is 2. The molecule has 0 fully saturated rings. The average Bonchev–Trinajstić information content (AvgIpc) is 2.65. The molecule has 0 saturated carbocycles. The predicted octanol–water partition coefficient (Wildman–Crippen LogP) is 6.73. The van der Waals surface area contributed by atoms with Gasteiger partial charge in [0.2, 0.25) is 5.91 Å². The Morgan fingerprint density at radius 3 is 1.65 bits per heavy atom. The van der Waals surface area contributed by atoms with Gasteiger partial charge in [-0.05, 0) is 19.3 Å². The van der Waals surface area contributed by atoms with E-state index in [0.29, 0.717) is 12.8 Å². The maximum atomic E-state index is 11.7. The van der Waals surface area contributed by atoms with E-state index in [9.17, 15) is 9.59 Å². The van der Waals surface area contributed by atoms with Gasteiger partial charge in [0, 0.05) is 19.4 Å². The van der Waals surface area contributed by atoms with Crippen molar-refractivity contribution in [3.8, 4) is 0 Å². The molecule has 0 aromatic heterocycles. The molecule has 0 bridgehead atoms. The Hall–Kier alpha value is -0.860. The van der Waals surface area contributed by atoms with Crippen molar-refractivity contribution < 1.29 is 9.59 Å².